The Hall–Kier alpha value is -1.02. The van der Waals surface area contributed by atoms with Gasteiger partial charge in [0.2, 0.25) is 0 Å². The zero-order chi connectivity index (χ0) is 15.5. The molecule has 1 aromatic rings. The summed E-state index contributed by atoms with van der Waals surface area (Å²) in [5, 5.41) is 0. The van der Waals surface area contributed by atoms with Crippen molar-refractivity contribution in [3.8, 4) is 0 Å². The average Bonchev–Trinajstić information content (AvgIpc) is 2.50. The van der Waals surface area contributed by atoms with Crippen molar-refractivity contribution >= 4 is 17.0 Å². The average molecular weight is 311 g/mol. The lowest BCUT2D eigenvalue weighted by molar-refractivity contribution is 0.0732. The second-order valence-electron chi connectivity index (χ2n) is 5.56. The van der Waals surface area contributed by atoms with Crippen molar-refractivity contribution in [2.24, 2.45) is 5.92 Å². The number of benzene rings is 1. The van der Waals surface area contributed by atoms with E-state index in [1.807, 2.05) is 30.3 Å². The molecule has 21 heavy (non-hydrogen) atoms. The van der Waals surface area contributed by atoms with Crippen molar-refractivity contribution in [2.75, 3.05) is 0 Å². The van der Waals surface area contributed by atoms with E-state index in [9.17, 15) is 4.79 Å². The third-order valence-corrected chi connectivity index (χ3v) is 4.07. The van der Waals surface area contributed by atoms with Crippen LogP contribution in [0, 0.1) is 5.92 Å². The molecule has 0 aromatic heterocycles. The Kier molecular flexibility index (Phi) is 9.16. The number of hydrogen-bond acceptors (Lipinski definition) is 2. The largest absolute Gasteiger partial charge is 0.445 e. The predicted octanol–water partition coefficient (Wildman–Crippen LogP) is 6.49. The second-order valence-corrected chi connectivity index (χ2v) is 5.87. The fourth-order valence-electron chi connectivity index (χ4n) is 2.76. The van der Waals surface area contributed by atoms with E-state index in [2.05, 4.69) is 13.8 Å². The van der Waals surface area contributed by atoms with E-state index >= 15 is 0 Å². The minimum Gasteiger partial charge on any atom is -0.445 e. The van der Waals surface area contributed by atoms with Crippen LogP contribution in [0.4, 0.5) is 4.79 Å². The van der Waals surface area contributed by atoms with Gasteiger partial charge in [-0.2, -0.15) is 0 Å². The van der Waals surface area contributed by atoms with Crippen LogP contribution >= 0.6 is 11.6 Å². The highest BCUT2D eigenvalue weighted by Crippen LogP contribution is 2.33. The number of unbranched alkanes of at least 4 members (excludes halogenated alkanes) is 4. The summed E-state index contributed by atoms with van der Waals surface area (Å²) in [4.78, 5) is 11.2. The van der Waals surface area contributed by atoms with Gasteiger partial charge in [-0.3, -0.25) is 0 Å². The van der Waals surface area contributed by atoms with Crippen LogP contribution in [0.1, 0.15) is 70.5 Å². The molecule has 0 heterocycles. The number of ether oxygens (including phenoxy) is 1. The summed E-state index contributed by atoms with van der Waals surface area (Å²) >= 11 is 5.46. The summed E-state index contributed by atoms with van der Waals surface area (Å²) < 4.78 is 5.39. The molecule has 0 bridgehead atoms. The smallest absolute Gasteiger partial charge is 0.404 e. The molecule has 0 aliphatic rings. The van der Waals surface area contributed by atoms with Gasteiger partial charge in [0.25, 0.3) is 0 Å². The number of rotatable bonds is 10. The van der Waals surface area contributed by atoms with E-state index in [0.29, 0.717) is 5.92 Å². The van der Waals surface area contributed by atoms with Gasteiger partial charge in [-0.1, -0.05) is 76.3 Å². The van der Waals surface area contributed by atoms with Crippen LogP contribution in [0.2, 0.25) is 0 Å². The first kappa shape index (κ1) is 18.0. The molecule has 0 N–H and O–H groups in total. The number of carbonyl (C=O) groups excluding carboxylic acids is 1. The zero-order valence-electron chi connectivity index (χ0n) is 13.2. The Morgan fingerprint density at radius 1 is 1.10 bits per heavy atom. The third kappa shape index (κ3) is 6.99. The Morgan fingerprint density at radius 3 is 2.33 bits per heavy atom. The maximum Gasteiger partial charge on any atom is 0.404 e. The van der Waals surface area contributed by atoms with Crippen LogP contribution in [-0.2, 0) is 4.74 Å². The van der Waals surface area contributed by atoms with E-state index in [1.165, 1.54) is 32.1 Å². The van der Waals surface area contributed by atoms with Crippen LogP contribution in [0.25, 0.3) is 0 Å². The number of carbonyl (C=O) groups is 1. The van der Waals surface area contributed by atoms with Crippen molar-refractivity contribution < 1.29 is 9.53 Å². The number of halogens is 1. The molecule has 0 aliphatic carbocycles. The van der Waals surface area contributed by atoms with Gasteiger partial charge in [-0.25, -0.2) is 4.79 Å². The van der Waals surface area contributed by atoms with E-state index in [-0.39, 0.29) is 6.10 Å². The molecule has 2 atom stereocenters. The minimum atomic E-state index is -0.715. The molecule has 0 radical (unpaired) electrons. The molecule has 3 heteroatoms. The first-order valence-electron chi connectivity index (χ1n) is 8.10. The molecular weight excluding hydrogens is 284 g/mol. The van der Waals surface area contributed by atoms with Crippen molar-refractivity contribution in [1.82, 2.24) is 0 Å². The Labute approximate surface area is 133 Å². The normalized spacial score (nSPS) is 13.7. The monoisotopic (exact) mass is 310 g/mol. The van der Waals surface area contributed by atoms with Crippen LogP contribution in [-0.4, -0.2) is 5.43 Å². The fourth-order valence-corrected chi connectivity index (χ4v) is 2.85. The van der Waals surface area contributed by atoms with E-state index < -0.39 is 5.43 Å². The summed E-state index contributed by atoms with van der Waals surface area (Å²) in [6.45, 7) is 4.37. The SMILES string of the molecule is CCCCCCCC(CC)C(OC(=O)Cl)c1ccccc1. The molecule has 2 nitrogen and oxygen atoms in total. The summed E-state index contributed by atoms with van der Waals surface area (Å²) in [5.41, 5.74) is 0.320. The van der Waals surface area contributed by atoms with Crippen LogP contribution in [0.5, 0.6) is 0 Å². The van der Waals surface area contributed by atoms with Gasteiger partial charge < -0.3 is 4.74 Å². The molecule has 0 aliphatic heterocycles. The lowest BCUT2D eigenvalue weighted by Crippen LogP contribution is -2.17. The van der Waals surface area contributed by atoms with Gasteiger partial charge >= 0.3 is 5.43 Å². The van der Waals surface area contributed by atoms with E-state index in [4.69, 9.17) is 16.3 Å². The molecule has 0 saturated heterocycles. The third-order valence-electron chi connectivity index (χ3n) is 3.98. The molecule has 2 unspecified atom stereocenters. The quantitative estimate of drug-likeness (QED) is 0.364. The van der Waals surface area contributed by atoms with Crippen LogP contribution in [0.15, 0.2) is 30.3 Å². The molecular formula is C18H27ClO2. The molecule has 1 rings (SSSR count). The van der Waals surface area contributed by atoms with Gasteiger partial charge in [-0.05, 0) is 18.4 Å². The first-order valence-corrected chi connectivity index (χ1v) is 8.47. The number of hydrogen-bond donors (Lipinski definition) is 0. The fraction of sp³-hybridized carbons (Fsp3) is 0.611. The highest BCUT2D eigenvalue weighted by Gasteiger charge is 2.24. The van der Waals surface area contributed by atoms with Gasteiger partial charge in [0.1, 0.15) is 6.10 Å². The predicted molar refractivity (Wildman–Crippen MR) is 88.7 cm³/mol. The highest BCUT2D eigenvalue weighted by molar-refractivity contribution is 6.61. The van der Waals surface area contributed by atoms with Crippen molar-refractivity contribution in [3.05, 3.63) is 35.9 Å². The summed E-state index contributed by atoms with van der Waals surface area (Å²) in [6.07, 6.45) is 8.11. The van der Waals surface area contributed by atoms with Gasteiger partial charge in [0.05, 0.1) is 0 Å². The van der Waals surface area contributed by atoms with Gasteiger partial charge in [0, 0.05) is 17.5 Å². The summed E-state index contributed by atoms with van der Waals surface area (Å²) in [6, 6.07) is 9.92. The van der Waals surface area contributed by atoms with Gasteiger partial charge in [-0.15, -0.1) is 0 Å². The van der Waals surface area contributed by atoms with E-state index in [0.717, 1.165) is 18.4 Å². The maximum atomic E-state index is 11.2. The molecule has 0 fully saturated rings. The van der Waals surface area contributed by atoms with Crippen molar-refractivity contribution in [1.29, 1.82) is 0 Å². The first-order chi connectivity index (χ1) is 10.2. The second kappa shape index (κ2) is 10.7. The van der Waals surface area contributed by atoms with Crippen LogP contribution in [0.3, 0.4) is 0 Å². The zero-order valence-corrected chi connectivity index (χ0v) is 13.9. The van der Waals surface area contributed by atoms with Crippen molar-refractivity contribution in [3.63, 3.8) is 0 Å². The highest BCUT2D eigenvalue weighted by atomic mass is 35.5. The van der Waals surface area contributed by atoms with Gasteiger partial charge in [0.15, 0.2) is 0 Å². The minimum absolute atomic E-state index is 0.229. The van der Waals surface area contributed by atoms with E-state index in [1.54, 1.807) is 0 Å². The topological polar surface area (TPSA) is 26.3 Å². The van der Waals surface area contributed by atoms with Crippen LogP contribution < -0.4 is 0 Å². The molecule has 0 spiro atoms. The summed E-state index contributed by atoms with van der Waals surface area (Å²) in [5.74, 6) is 0.330. The Morgan fingerprint density at radius 2 is 1.76 bits per heavy atom. The molecule has 118 valence electrons. The maximum absolute atomic E-state index is 11.2. The standard InChI is InChI=1S/C18H27ClO2/c1-3-5-6-7-9-12-15(4-2)17(21-18(19)20)16-13-10-8-11-14-16/h8,10-11,13-15,17H,3-7,9,12H2,1-2H3. The molecule has 0 amide bonds. The Balaban J connectivity index is 2.63. The summed E-state index contributed by atoms with van der Waals surface area (Å²) in [7, 11) is 0. The molecule has 1 aromatic carbocycles. The molecule has 0 saturated carbocycles. The Bertz CT molecular complexity index is 391. The lowest BCUT2D eigenvalue weighted by atomic mass is 9.88. The van der Waals surface area contributed by atoms with Crippen molar-refractivity contribution in [2.45, 2.75) is 64.9 Å². The lowest BCUT2D eigenvalue weighted by Gasteiger charge is -2.25.